The van der Waals surface area contributed by atoms with E-state index in [2.05, 4.69) is 10.6 Å². The molecule has 1 atom stereocenters. The molecule has 3 rings (SSSR count). The summed E-state index contributed by atoms with van der Waals surface area (Å²) in [5.41, 5.74) is 5.74. The summed E-state index contributed by atoms with van der Waals surface area (Å²) in [6, 6.07) is 5.23. The normalized spacial score (nSPS) is 18.9. The number of likely N-dealkylation sites (tertiary alicyclic amines) is 1. The van der Waals surface area contributed by atoms with Crippen LogP contribution < -0.4 is 16.4 Å². The Kier molecular flexibility index (Phi) is 10.4. The van der Waals surface area contributed by atoms with Crippen LogP contribution in [-0.4, -0.2) is 54.1 Å². The maximum atomic E-state index is 13.7. The average Bonchev–Trinajstić information content (AvgIpc) is 2.87. The van der Waals surface area contributed by atoms with Crippen LogP contribution in [-0.2, 0) is 16.0 Å². The van der Waals surface area contributed by atoms with Crippen LogP contribution in [0.15, 0.2) is 24.3 Å². The van der Waals surface area contributed by atoms with Gasteiger partial charge in [-0.3, -0.25) is 10.2 Å². The molecule has 2 fully saturated rings. The van der Waals surface area contributed by atoms with Crippen LogP contribution in [0.3, 0.4) is 0 Å². The lowest BCUT2D eigenvalue weighted by atomic mass is 9.61. The van der Waals surface area contributed by atoms with Crippen molar-refractivity contribution in [3.63, 3.8) is 0 Å². The molecule has 2 aliphatic rings. The second-order valence-corrected chi connectivity index (χ2v) is 12.0. The minimum Gasteiger partial charge on any atom is -0.444 e. The van der Waals surface area contributed by atoms with E-state index in [-0.39, 0.29) is 29.5 Å². The van der Waals surface area contributed by atoms with E-state index in [0.29, 0.717) is 25.6 Å². The van der Waals surface area contributed by atoms with E-state index in [9.17, 15) is 14.0 Å². The number of hydrogen-bond acceptors (Lipinski definition) is 4. The highest BCUT2D eigenvalue weighted by atomic mass is 19.1. The number of benzene rings is 1. The third-order valence-electron chi connectivity index (χ3n) is 8.05. The zero-order chi connectivity index (χ0) is 27.8. The minimum absolute atomic E-state index is 0.00168. The van der Waals surface area contributed by atoms with Gasteiger partial charge in [-0.25, -0.2) is 9.18 Å². The van der Waals surface area contributed by atoms with Gasteiger partial charge >= 0.3 is 6.09 Å². The molecule has 0 bridgehead atoms. The van der Waals surface area contributed by atoms with E-state index < -0.39 is 17.7 Å². The van der Waals surface area contributed by atoms with Gasteiger partial charge in [0.25, 0.3) is 0 Å². The third-order valence-corrected chi connectivity index (χ3v) is 8.05. The molecule has 2 amide bonds. The van der Waals surface area contributed by atoms with Crippen LogP contribution in [0.25, 0.3) is 0 Å². The van der Waals surface area contributed by atoms with Gasteiger partial charge in [-0.1, -0.05) is 31.4 Å². The highest BCUT2D eigenvalue weighted by Crippen LogP contribution is 2.48. The van der Waals surface area contributed by atoms with Crippen molar-refractivity contribution in [2.24, 2.45) is 17.1 Å². The second-order valence-electron chi connectivity index (χ2n) is 12.0. The third kappa shape index (κ3) is 8.88. The Bertz CT molecular complexity index is 933. The number of hydrogen-bond donors (Lipinski definition) is 4. The number of amides is 2. The molecule has 0 radical (unpaired) electrons. The van der Waals surface area contributed by atoms with Crippen LogP contribution in [0, 0.1) is 22.6 Å². The highest BCUT2D eigenvalue weighted by molar-refractivity contribution is 5.86. The number of nitrogens with zero attached hydrogens (tertiary/aromatic N) is 1. The van der Waals surface area contributed by atoms with Gasteiger partial charge in [0.2, 0.25) is 5.91 Å². The van der Waals surface area contributed by atoms with Crippen LogP contribution in [0.2, 0.25) is 0 Å². The molecule has 1 aromatic rings. The van der Waals surface area contributed by atoms with Crippen LogP contribution in [0.4, 0.5) is 9.18 Å². The van der Waals surface area contributed by atoms with E-state index in [1.54, 1.807) is 32.9 Å². The predicted octanol–water partition coefficient (Wildman–Crippen LogP) is 4.71. The number of rotatable bonds is 9. The van der Waals surface area contributed by atoms with Gasteiger partial charge in [0.15, 0.2) is 5.96 Å². The molecule has 212 valence electrons. The molecular formula is C29H46FN5O3. The number of nitrogens with two attached hydrogens (primary N) is 1. The largest absolute Gasteiger partial charge is 0.444 e. The van der Waals surface area contributed by atoms with E-state index in [1.165, 1.54) is 44.2 Å². The fraction of sp³-hybridized carbons (Fsp3) is 0.690. The van der Waals surface area contributed by atoms with Gasteiger partial charge in [-0.15, -0.1) is 0 Å². The smallest absolute Gasteiger partial charge is 0.408 e. The molecule has 1 aliphatic heterocycles. The fourth-order valence-electron chi connectivity index (χ4n) is 6.14. The number of halogens is 1. The molecule has 1 saturated carbocycles. The fourth-order valence-corrected chi connectivity index (χ4v) is 6.14. The number of guanidine groups is 1. The zero-order valence-electron chi connectivity index (χ0n) is 23.3. The van der Waals surface area contributed by atoms with E-state index in [1.807, 2.05) is 4.90 Å². The molecule has 1 aliphatic carbocycles. The number of alkyl carbamates (subject to hydrolysis) is 1. The highest BCUT2D eigenvalue weighted by Gasteiger charge is 2.42. The van der Waals surface area contributed by atoms with Crippen molar-refractivity contribution >= 4 is 18.0 Å². The zero-order valence-corrected chi connectivity index (χ0v) is 23.3. The Balaban J connectivity index is 1.70. The van der Waals surface area contributed by atoms with Crippen molar-refractivity contribution in [1.29, 1.82) is 5.41 Å². The van der Waals surface area contributed by atoms with E-state index >= 15 is 0 Å². The number of carbonyl (C=O) groups is 2. The summed E-state index contributed by atoms with van der Waals surface area (Å²) in [7, 11) is 0. The Labute approximate surface area is 226 Å². The summed E-state index contributed by atoms with van der Waals surface area (Å²) in [5.74, 6) is 0.184. The van der Waals surface area contributed by atoms with E-state index in [0.717, 1.165) is 31.2 Å². The molecule has 1 saturated heterocycles. The Morgan fingerprint density at radius 2 is 1.79 bits per heavy atom. The van der Waals surface area contributed by atoms with Crippen molar-refractivity contribution in [1.82, 2.24) is 15.5 Å². The lowest BCUT2D eigenvalue weighted by Gasteiger charge is -2.49. The van der Waals surface area contributed by atoms with Crippen molar-refractivity contribution in [3.05, 3.63) is 35.6 Å². The SMILES string of the molecule is CC(C)(C)OC(=O)N[C@H](Cc1ccc(F)cc1)C(=O)N1CCC(CCCNC(=N)N)(C2CCCCC2)CC1. The Morgan fingerprint density at radius 1 is 1.16 bits per heavy atom. The molecule has 38 heavy (non-hydrogen) atoms. The van der Waals surface area contributed by atoms with Crippen molar-refractivity contribution < 1.29 is 18.7 Å². The predicted molar refractivity (Wildman–Crippen MR) is 147 cm³/mol. The minimum atomic E-state index is -0.794. The molecule has 8 nitrogen and oxygen atoms in total. The molecule has 0 aromatic heterocycles. The Hall–Kier alpha value is -2.84. The molecular weight excluding hydrogens is 485 g/mol. The first kappa shape index (κ1) is 29.7. The number of nitrogens with one attached hydrogen (secondary N) is 3. The standard InChI is InChI=1S/C29H46FN5O3/c1-28(2,3)38-27(37)34-24(20-21-10-12-23(30)13-11-21)25(36)35-18-15-29(16-19-35,14-7-17-33-26(31)32)22-8-5-4-6-9-22/h10-13,22,24H,4-9,14-20H2,1-3H3,(H,34,37)(H4,31,32,33)/t24-/m1/s1. The lowest BCUT2D eigenvalue weighted by molar-refractivity contribution is -0.137. The summed E-state index contributed by atoms with van der Waals surface area (Å²) in [6.45, 7) is 7.32. The lowest BCUT2D eigenvalue weighted by Crippen LogP contribution is -2.54. The van der Waals surface area contributed by atoms with Gasteiger partial charge in [0.1, 0.15) is 17.5 Å². The monoisotopic (exact) mass is 531 g/mol. The topological polar surface area (TPSA) is 121 Å². The summed E-state index contributed by atoms with van der Waals surface area (Å²) in [4.78, 5) is 28.2. The molecule has 1 heterocycles. The maximum absolute atomic E-state index is 13.7. The van der Waals surface area contributed by atoms with Crippen LogP contribution >= 0.6 is 0 Å². The van der Waals surface area contributed by atoms with Gasteiger partial charge in [0.05, 0.1) is 0 Å². The quantitative estimate of drug-likeness (QED) is 0.209. The van der Waals surface area contributed by atoms with Gasteiger partial charge in [-0.05, 0) is 88.3 Å². The number of ether oxygens (including phenoxy) is 1. The van der Waals surface area contributed by atoms with Crippen LogP contribution in [0.1, 0.15) is 84.1 Å². The van der Waals surface area contributed by atoms with Crippen LogP contribution in [0.5, 0.6) is 0 Å². The number of carbonyl (C=O) groups excluding carboxylic acids is 2. The Morgan fingerprint density at radius 3 is 2.37 bits per heavy atom. The summed E-state index contributed by atoms with van der Waals surface area (Å²) >= 11 is 0. The van der Waals surface area contributed by atoms with Crippen molar-refractivity contribution in [3.8, 4) is 0 Å². The second kappa shape index (κ2) is 13.3. The maximum Gasteiger partial charge on any atom is 0.408 e. The molecule has 1 aromatic carbocycles. The number of piperidine rings is 1. The van der Waals surface area contributed by atoms with Gasteiger partial charge in [-0.2, -0.15) is 0 Å². The van der Waals surface area contributed by atoms with Gasteiger partial charge in [0, 0.05) is 26.1 Å². The molecule has 5 N–H and O–H groups in total. The first-order valence-electron chi connectivity index (χ1n) is 14.1. The molecule has 0 unspecified atom stereocenters. The summed E-state index contributed by atoms with van der Waals surface area (Å²) in [6.07, 6.45) is 9.78. The van der Waals surface area contributed by atoms with Gasteiger partial charge < -0.3 is 26.0 Å². The van der Waals surface area contributed by atoms with Crippen molar-refractivity contribution in [2.75, 3.05) is 19.6 Å². The average molecular weight is 532 g/mol. The molecule has 9 heteroatoms. The first-order valence-corrected chi connectivity index (χ1v) is 14.1. The molecule has 0 spiro atoms. The first-order chi connectivity index (χ1) is 18.0. The van der Waals surface area contributed by atoms with Crippen molar-refractivity contribution in [2.45, 2.75) is 96.6 Å². The van der Waals surface area contributed by atoms with E-state index in [4.69, 9.17) is 15.9 Å². The summed E-state index contributed by atoms with van der Waals surface area (Å²) in [5, 5.41) is 13.1. The summed E-state index contributed by atoms with van der Waals surface area (Å²) < 4.78 is 18.9.